The van der Waals surface area contributed by atoms with E-state index in [2.05, 4.69) is 5.32 Å². The van der Waals surface area contributed by atoms with Crippen LogP contribution in [0.25, 0.3) is 10.8 Å². The Balaban J connectivity index is 2.84. The lowest BCUT2D eigenvalue weighted by molar-refractivity contribution is 0.633. The van der Waals surface area contributed by atoms with E-state index < -0.39 is 0 Å². The minimum Gasteiger partial charge on any atom is -0.385 e. The lowest BCUT2D eigenvalue weighted by Gasteiger charge is -2.06. The number of halogens is 1. The van der Waals surface area contributed by atoms with Crippen molar-refractivity contribution in [1.29, 1.82) is 0 Å². The molecule has 0 aliphatic rings. The Morgan fingerprint density at radius 1 is 1.08 bits per heavy atom. The molecule has 0 unspecified atom stereocenters. The topological polar surface area (TPSA) is 12.0 Å². The Morgan fingerprint density at radius 2 is 1.85 bits per heavy atom. The van der Waals surface area contributed by atoms with E-state index in [-0.39, 0.29) is 5.82 Å². The van der Waals surface area contributed by atoms with Crippen molar-refractivity contribution in [3.63, 3.8) is 0 Å². The van der Waals surface area contributed by atoms with Crippen LogP contribution in [-0.4, -0.2) is 7.05 Å². The average Bonchev–Trinajstić information content (AvgIpc) is 2.18. The van der Waals surface area contributed by atoms with E-state index in [0.29, 0.717) is 5.69 Å². The van der Waals surface area contributed by atoms with Gasteiger partial charge in [-0.2, -0.15) is 0 Å². The minimum atomic E-state index is -0.207. The fourth-order valence-corrected chi connectivity index (χ4v) is 1.50. The van der Waals surface area contributed by atoms with Gasteiger partial charge in [0.25, 0.3) is 0 Å². The van der Waals surface area contributed by atoms with Gasteiger partial charge >= 0.3 is 0 Å². The lowest BCUT2D eigenvalue weighted by atomic mass is 10.1. The van der Waals surface area contributed by atoms with Crippen LogP contribution >= 0.6 is 0 Å². The molecule has 2 rings (SSSR count). The highest BCUT2D eigenvalue weighted by atomic mass is 19.1. The van der Waals surface area contributed by atoms with Crippen LogP contribution in [0, 0.1) is 5.82 Å². The number of fused-ring (bicyclic) bond motifs is 1. The second-order valence-electron chi connectivity index (χ2n) is 2.89. The molecule has 0 bridgehead atoms. The highest BCUT2D eigenvalue weighted by Gasteiger charge is 2.03. The van der Waals surface area contributed by atoms with E-state index in [4.69, 9.17) is 0 Å². The molecular weight excluding hydrogens is 165 g/mol. The molecule has 0 aliphatic carbocycles. The van der Waals surface area contributed by atoms with E-state index in [0.717, 1.165) is 10.8 Å². The Morgan fingerprint density at radius 3 is 2.62 bits per heavy atom. The first kappa shape index (κ1) is 8.05. The molecule has 2 heteroatoms. The van der Waals surface area contributed by atoms with Gasteiger partial charge < -0.3 is 5.32 Å². The molecule has 0 radical (unpaired) electrons. The number of rotatable bonds is 1. The molecule has 0 heterocycles. The second-order valence-corrected chi connectivity index (χ2v) is 2.89. The summed E-state index contributed by atoms with van der Waals surface area (Å²) in [5, 5.41) is 4.83. The van der Waals surface area contributed by atoms with Crippen LogP contribution in [0.2, 0.25) is 0 Å². The summed E-state index contributed by atoms with van der Waals surface area (Å²) < 4.78 is 13.3. The van der Waals surface area contributed by atoms with Crippen molar-refractivity contribution in [2.45, 2.75) is 0 Å². The third-order valence-electron chi connectivity index (χ3n) is 2.13. The molecule has 1 N–H and O–H groups in total. The zero-order chi connectivity index (χ0) is 9.26. The van der Waals surface area contributed by atoms with Crippen LogP contribution in [-0.2, 0) is 0 Å². The Kier molecular flexibility index (Phi) is 1.89. The molecule has 0 fully saturated rings. The normalized spacial score (nSPS) is 10.3. The molecule has 2 aromatic rings. The molecule has 2 aromatic carbocycles. The SMILES string of the molecule is CNc1c(F)ccc2ccccc12. The summed E-state index contributed by atoms with van der Waals surface area (Å²) in [6.45, 7) is 0. The number of nitrogens with one attached hydrogen (secondary N) is 1. The van der Waals surface area contributed by atoms with Crippen LogP contribution in [0.15, 0.2) is 36.4 Å². The average molecular weight is 175 g/mol. The maximum absolute atomic E-state index is 13.3. The van der Waals surface area contributed by atoms with Crippen LogP contribution in [0.5, 0.6) is 0 Å². The molecule has 0 spiro atoms. The predicted octanol–water partition coefficient (Wildman–Crippen LogP) is 3.02. The first-order valence-electron chi connectivity index (χ1n) is 4.18. The van der Waals surface area contributed by atoms with Gasteiger partial charge in [-0.25, -0.2) is 4.39 Å². The van der Waals surface area contributed by atoms with Crippen molar-refractivity contribution in [2.75, 3.05) is 12.4 Å². The monoisotopic (exact) mass is 175 g/mol. The number of hydrogen-bond acceptors (Lipinski definition) is 1. The fraction of sp³-hybridized carbons (Fsp3) is 0.0909. The zero-order valence-corrected chi connectivity index (χ0v) is 7.34. The van der Waals surface area contributed by atoms with Gasteiger partial charge in [0.05, 0.1) is 5.69 Å². The van der Waals surface area contributed by atoms with Crippen LogP contribution in [0.3, 0.4) is 0 Å². The van der Waals surface area contributed by atoms with Gasteiger partial charge in [0.1, 0.15) is 5.82 Å². The molecule has 0 aliphatic heterocycles. The second kappa shape index (κ2) is 3.05. The van der Waals surface area contributed by atoms with Gasteiger partial charge in [-0.1, -0.05) is 30.3 Å². The summed E-state index contributed by atoms with van der Waals surface area (Å²) in [7, 11) is 1.73. The maximum Gasteiger partial charge on any atom is 0.146 e. The summed E-state index contributed by atoms with van der Waals surface area (Å²) >= 11 is 0. The number of anilines is 1. The van der Waals surface area contributed by atoms with Crippen LogP contribution in [0.4, 0.5) is 10.1 Å². The van der Waals surface area contributed by atoms with Crippen molar-refractivity contribution in [3.8, 4) is 0 Å². The van der Waals surface area contributed by atoms with E-state index >= 15 is 0 Å². The molecule has 0 aromatic heterocycles. The molecule has 0 amide bonds. The van der Waals surface area contributed by atoms with Crippen LogP contribution in [0.1, 0.15) is 0 Å². The van der Waals surface area contributed by atoms with E-state index in [1.54, 1.807) is 13.1 Å². The summed E-state index contributed by atoms with van der Waals surface area (Å²) in [5.74, 6) is -0.207. The van der Waals surface area contributed by atoms with Gasteiger partial charge in [-0.05, 0) is 11.5 Å². The molecule has 66 valence electrons. The summed E-state index contributed by atoms with van der Waals surface area (Å²) in [4.78, 5) is 0. The summed E-state index contributed by atoms with van der Waals surface area (Å²) in [5.41, 5.74) is 0.568. The Labute approximate surface area is 76.2 Å². The van der Waals surface area contributed by atoms with E-state index in [1.807, 2.05) is 24.3 Å². The van der Waals surface area contributed by atoms with Gasteiger partial charge in [-0.15, -0.1) is 0 Å². The predicted molar refractivity (Wildman–Crippen MR) is 53.5 cm³/mol. The fourth-order valence-electron chi connectivity index (χ4n) is 1.50. The van der Waals surface area contributed by atoms with Gasteiger partial charge in [0.15, 0.2) is 0 Å². The highest BCUT2D eigenvalue weighted by molar-refractivity contribution is 5.93. The Hall–Kier alpha value is -1.57. The first-order chi connectivity index (χ1) is 6.33. The molecular formula is C11H10FN. The van der Waals surface area contributed by atoms with Gasteiger partial charge in [0, 0.05) is 12.4 Å². The van der Waals surface area contributed by atoms with Crippen molar-refractivity contribution in [1.82, 2.24) is 0 Å². The zero-order valence-electron chi connectivity index (χ0n) is 7.34. The smallest absolute Gasteiger partial charge is 0.146 e. The molecule has 0 saturated carbocycles. The van der Waals surface area contributed by atoms with Crippen molar-refractivity contribution in [3.05, 3.63) is 42.2 Å². The maximum atomic E-state index is 13.3. The van der Waals surface area contributed by atoms with Crippen molar-refractivity contribution in [2.24, 2.45) is 0 Å². The quantitative estimate of drug-likeness (QED) is 0.702. The summed E-state index contributed by atoms with van der Waals surface area (Å²) in [6, 6.07) is 11.0. The molecule has 0 atom stereocenters. The molecule has 1 nitrogen and oxygen atoms in total. The molecule has 0 saturated heterocycles. The molecule has 13 heavy (non-hydrogen) atoms. The van der Waals surface area contributed by atoms with Crippen LogP contribution < -0.4 is 5.32 Å². The lowest BCUT2D eigenvalue weighted by Crippen LogP contribution is -1.93. The van der Waals surface area contributed by atoms with Gasteiger partial charge in [-0.3, -0.25) is 0 Å². The number of hydrogen-bond donors (Lipinski definition) is 1. The third kappa shape index (κ3) is 1.24. The number of benzene rings is 2. The van der Waals surface area contributed by atoms with Crippen molar-refractivity contribution >= 4 is 16.5 Å². The largest absolute Gasteiger partial charge is 0.385 e. The van der Waals surface area contributed by atoms with E-state index in [1.165, 1.54) is 6.07 Å². The minimum absolute atomic E-state index is 0.207. The highest BCUT2D eigenvalue weighted by Crippen LogP contribution is 2.25. The first-order valence-corrected chi connectivity index (χ1v) is 4.18. The van der Waals surface area contributed by atoms with Gasteiger partial charge in [0.2, 0.25) is 0 Å². The van der Waals surface area contributed by atoms with Crippen molar-refractivity contribution < 1.29 is 4.39 Å². The summed E-state index contributed by atoms with van der Waals surface area (Å²) in [6.07, 6.45) is 0. The Bertz CT molecular complexity index is 437. The standard InChI is InChI=1S/C11H10FN/c1-13-11-9-5-3-2-4-8(9)6-7-10(11)12/h2-7,13H,1H3. The van der Waals surface area contributed by atoms with E-state index in [9.17, 15) is 4.39 Å². The third-order valence-corrected chi connectivity index (χ3v) is 2.13.